The Morgan fingerprint density at radius 3 is 2.50 bits per heavy atom. The van der Waals surface area contributed by atoms with Crippen LogP contribution in [0.4, 0.5) is 5.69 Å². The zero-order valence-electron chi connectivity index (χ0n) is 16.9. The standard InChI is InChI=1S/C24H18Br2N2O4/c1-14-10-16(7-8-18(14)25)27-24(30)20(28-23(29)17-4-2-3-5-19(17)26)11-15-6-9-21-22(12-15)32-13-31-21/h2-12H,13H2,1H3,(H,27,30)(H,28,29). The third-order valence-corrected chi connectivity index (χ3v) is 6.32. The maximum atomic E-state index is 13.1. The van der Waals surface area contributed by atoms with Crippen LogP contribution in [0.1, 0.15) is 21.5 Å². The summed E-state index contributed by atoms with van der Waals surface area (Å²) < 4.78 is 12.3. The molecular weight excluding hydrogens is 540 g/mol. The maximum absolute atomic E-state index is 13.1. The molecular formula is C24H18Br2N2O4. The van der Waals surface area contributed by atoms with Crippen molar-refractivity contribution in [3.8, 4) is 11.5 Å². The summed E-state index contributed by atoms with van der Waals surface area (Å²) in [6, 6.07) is 17.8. The number of nitrogens with one attached hydrogen (secondary N) is 2. The quantitative estimate of drug-likeness (QED) is 0.397. The van der Waals surface area contributed by atoms with E-state index in [1.807, 2.05) is 25.1 Å². The average molecular weight is 558 g/mol. The van der Waals surface area contributed by atoms with Crippen LogP contribution >= 0.6 is 31.9 Å². The van der Waals surface area contributed by atoms with Gasteiger partial charge in [-0.3, -0.25) is 9.59 Å². The van der Waals surface area contributed by atoms with Gasteiger partial charge in [0.1, 0.15) is 5.70 Å². The molecule has 2 amide bonds. The molecule has 162 valence electrons. The van der Waals surface area contributed by atoms with Gasteiger partial charge in [-0.1, -0.05) is 34.1 Å². The van der Waals surface area contributed by atoms with Crippen molar-refractivity contribution in [1.82, 2.24) is 5.32 Å². The number of carbonyl (C=O) groups excluding carboxylic acids is 2. The van der Waals surface area contributed by atoms with Crippen molar-refractivity contribution in [2.24, 2.45) is 0 Å². The zero-order valence-corrected chi connectivity index (χ0v) is 20.1. The van der Waals surface area contributed by atoms with E-state index in [-0.39, 0.29) is 12.5 Å². The highest BCUT2D eigenvalue weighted by Crippen LogP contribution is 2.33. The van der Waals surface area contributed by atoms with Crippen LogP contribution in [0.2, 0.25) is 0 Å². The van der Waals surface area contributed by atoms with E-state index in [1.165, 1.54) is 0 Å². The highest BCUT2D eigenvalue weighted by molar-refractivity contribution is 9.10. The average Bonchev–Trinajstić information content (AvgIpc) is 3.24. The molecule has 0 radical (unpaired) electrons. The zero-order chi connectivity index (χ0) is 22.7. The van der Waals surface area contributed by atoms with Crippen LogP contribution in [0.25, 0.3) is 6.08 Å². The van der Waals surface area contributed by atoms with Crippen LogP contribution in [0, 0.1) is 6.92 Å². The monoisotopic (exact) mass is 556 g/mol. The molecule has 0 atom stereocenters. The molecule has 0 aromatic heterocycles. The molecule has 0 saturated carbocycles. The summed E-state index contributed by atoms with van der Waals surface area (Å²) in [4.78, 5) is 26.0. The van der Waals surface area contributed by atoms with Crippen molar-refractivity contribution < 1.29 is 19.1 Å². The number of amides is 2. The molecule has 8 heteroatoms. The Kier molecular flexibility index (Phi) is 6.62. The first-order valence-corrected chi connectivity index (χ1v) is 11.2. The van der Waals surface area contributed by atoms with E-state index in [0.717, 1.165) is 10.0 Å². The van der Waals surface area contributed by atoms with Crippen molar-refractivity contribution in [3.05, 3.63) is 92.0 Å². The Labute approximate surface area is 201 Å². The Morgan fingerprint density at radius 2 is 1.72 bits per heavy atom. The van der Waals surface area contributed by atoms with Crippen LogP contribution < -0.4 is 20.1 Å². The van der Waals surface area contributed by atoms with Gasteiger partial charge in [-0.2, -0.15) is 0 Å². The first-order valence-electron chi connectivity index (χ1n) is 9.65. The number of carbonyl (C=O) groups is 2. The summed E-state index contributed by atoms with van der Waals surface area (Å²) in [5.41, 5.74) is 2.77. The molecule has 1 aliphatic rings. The highest BCUT2D eigenvalue weighted by Gasteiger charge is 2.18. The van der Waals surface area contributed by atoms with Gasteiger partial charge in [-0.05, 0) is 82.5 Å². The molecule has 0 unspecified atom stereocenters. The lowest BCUT2D eigenvalue weighted by Gasteiger charge is -2.13. The minimum absolute atomic E-state index is 0.0881. The lowest BCUT2D eigenvalue weighted by atomic mass is 10.1. The molecule has 0 fully saturated rings. The Morgan fingerprint density at radius 1 is 0.938 bits per heavy atom. The van der Waals surface area contributed by atoms with E-state index in [4.69, 9.17) is 9.47 Å². The summed E-state index contributed by atoms with van der Waals surface area (Å²) in [6.45, 7) is 2.08. The van der Waals surface area contributed by atoms with Crippen LogP contribution in [0.15, 0.2) is 75.3 Å². The van der Waals surface area contributed by atoms with Crippen LogP contribution in [0.5, 0.6) is 11.5 Å². The smallest absolute Gasteiger partial charge is 0.272 e. The number of hydrogen-bond acceptors (Lipinski definition) is 4. The number of aryl methyl sites for hydroxylation is 1. The van der Waals surface area contributed by atoms with Gasteiger partial charge in [-0.25, -0.2) is 0 Å². The van der Waals surface area contributed by atoms with Crippen molar-refractivity contribution in [3.63, 3.8) is 0 Å². The number of ether oxygens (including phenoxy) is 2. The second kappa shape index (κ2) is 9.58. The molecule has 0 spiro atoms. The van der Waals surface area contributed by atoms with Gasteiger partial charge in [0.15, 0.2) is 11.5 Å². The number of fused-ring (bicyclic) bond motifs is 1. The van der Waals surface area contributed by atoms with Crippen molar-refractivity contribution in [1.29, 1.82) is 0 Å². The minimum atomic E-state index is -0.454. The molecule has 1 heterocycles. The van der Waals surface area contributed by atoms with Crippen molar-refractivity contribution >= 4 is 55.4 Å². The number of benzene rings is 3. The van der Waals surface area contributed by atoms with E-state index in [1.54, 1.807) is 48.5 Å². The number of rotatable bonds is 5. The predicted molar refractivity (Wildman–Crippen MR) is 130 cm³/mol. The summed E-state index contributed by atoms with van der Waals surface area (Å²) >= 11 is 6.83. The predicted octanol–water partition coefficient (Wildman–Crippen LogP) is 5.66. The molecule has 6 nitrogen and oxygen atoms in total. The fourth-order valence-electron chi connectivity index (χ4n) is 3.08. The van der Waals surface area contributed by atoms with Gasteiger partial charge in [0, 0.05) is 14.6 Å². The minimum Gasteiger partial charge on any atom is -0.454 e. The van der Waals surface area contributed by atoms with Gasteiger partial charge < -0.3 is 20.1 Å². The van der Waals surface area contributed by atoms with E-state index < -0.39 is 11.8 Å². The summed E-state index contributed by atoms with van der Waals surface area (Å²) in [6.07, 6.45) is 1.59. The molecule has 0 bridgehead atoms. The summed E-state index contributed by atoms with van der Waals surface area (Å²) in [5.74, 6) is 0.353. The molecule has 2 N–H and O–H groups in total. The van der Waals surface area contributed by atoms with Gasteiger partial charge in [0.05, 0.1) is 5.56 Å². The van der Waals surface area contributed by atoms with E-state index in [9.17, 15) is 9.59 Å². The summed E-state index contributed by atoms with van der Waals surface area (Å²) in [5, 5.41) is 5.58. The molecule has 1 aliphatic heterocycles. The van der Waals surface area contributed by atoms with Crippen LogP contribution in [-0.2, 0) is 4.79 Å². The Bertz CT molecular complexity index is 1240. The fraction of sp³-hybridized carbons (Fsp3) is 0.0833. The molecule has 0 saturated heterocycles. The van der Waals surface area contributed by atoms with Crippen LogP contribution in [0.3, 0.4) is 0 Å². The van der Waals surface area contributed by atoms with E-state index in [0.29, 0.717) is 32.8 Å². The fourth-order valence-corrected chi connectivity index (χ4v) is 3.80. The third kappa shape index (κ3) is 5.03. The normalized spacial score (nSPS) is 12.4. The Hall–Kier alpha value is -3.10. The van der Waals surface area contributed by atoms with Crippen molar-refractivity contribution in [2.45, 2.75) is 6.92 Å². The first kappa shape index (κ1) is 22.1. The van der Waals surface area contributed by atoms with E-state index >= 15 is 0 Å². The first-order chi connectivity index (χ1) is 15.4. The number of hydrogen-bond donors (Lipinski definition) is 2. The molecule has 3 aromatic rings. The van der Waals surface area contributed by atoms with E-state index in [2.05, 4.69) is 42.5 Å². The largest absolute Gasteiger partial charge is 0.454 e. The molecule has 32 heavy (non-hydrogen) atoms. The Balaban J connectivity index is 1.65. The lowest BCUT2D eigenvalue weighted by Crippen LogP contribution is -2.31. The number of halogens is 2. The van der Waals surface area contributed by atoms with Gasteiger partial charge in [0.25, 0.3) is 11.8 Å². The molecule has 0 aliphatic carbocycles. The number of anilines is 1. The lowest BCUT2D eigenvalue weighted by molar-refractivity contribution is -0.113. The second-order valence-corrected chi connectivity index (χ2v) is 8.73. The maximum Gasteiger partial charge on any atom is 0.272 e. The molecule has 3 aromatic carbocycles. The van der Waals surface area contributed by atoms with Crippen molar-refractivity contribution in [2.75, 3.05) is 12.1 Å². The second-order valence-electron chi connectivity index (χ2n) is 7.02. The van der Waals surface area contributed by atoms with Crippen LogP contribution in [-0.4, -0.2) is 18.6 Å². The molecule has 4 rings (SSSR count). The third-order valence-electron chi connectivity index (χ3n) is 4.73. The highest BCUT2D eigenvalue weighted by atomic mass is 79.9. The summed E-state index contributed by atoms with van der Waals surface area (Å²) in [7, 11) is 0. The van der Waals surface area contributed by atoms with Gasteiger partial charge in [-0.15, -0.1) is 0 Å². The topological polar surface area (TPSA) is 76.7 Å². The van der Waals surface area contributed by atoms with Gasteiger partial charge >= 0.3 is 0 Å². The SMILES string of the molecule is Cc1cc(NC(=O)C(=Cc2ccc3c(c2)OCO3)NC(=O)c2ccccc2Br)ccc1Br. The van der Waals surface area contributed by atoms with Gasteiger partial charge in [0.2, 0.25) is 6.79 Å².